The van der Waals surface area contributed by atoms with Crippen LogP contribution in [0.2, 0.25) is 0 Å². The molecule has 1 aromatic heterocycles. The highest BCUT2D eigenvalue weighted by molar-refractivity contribution is 5.32. The van der Waals surface area contributed by atoms with Gasteiger partial charge in [-0.25, -0.2) is 0 Å². The highest BCUT2D eigenvalue weighted by Crippen LogP contribution is 2.34. The number of aliphatic hydroxyl groups is 1. The van der Waals surface area contributed by atoms with E-state index in [1.165, 1.54) is 17.5 Å². The third-order valence-electron chi connectivity index (χ3n) is 4.50. The molecule has 0 bridgehead atoms. The molecule has 0 aliphatic heterocycles. The highest BCUT2D eigenvalue weighted by atomic mass is 16.5. The molecular weight excluding hydrogens is 306 g/mol. The van der Waals surface area contributed by atoms with Gasteiger partial charge in [0.2, 0.25) is 0 Å². The van der Waals surface area contributed by atoms with Crippen molar-refractivity contribution in [1.82, 2.24) is 15.0 Å². The minimum absolute atomic E-state index is 0.187. The first-order valence-corrected chi connectivity index (χ1v) is 8.55. The van der Waals surface area contributed by atoms with Gasteiger partial charge in [-0.1, -0.05) is 29.4 Å². The summed E-state index contributed by atoms with van der Waals surface area (Å²) in [6.45, 7) is 1.94. The minimum Gasteiger partial charge on any atom is -0.396 e. The Hall–Kier alpha value is -1.76. The van der Waals surface area contributed by atoms with Gasteiger partial charge in [0.25, 0.3) is 5.89 Å². The molecule has 1 heterocycles. The number of nitrogens with zero attached hydrogens (tertiary/aromatic N) is 3. The second-order valence-corrected chi connectivity index (χ2v) is 6.19. The highest BCUT2D eigenvalue weighted by Gasteiger charge is 2.26. The van der Waals surface area contributed by atoms with Gasteiger partial charge in [0.15, 0.2) is 5.82 Å². The van der Waals surface area contributed by atoms with Crippen molar-refractivity contribution in [2.75, 3.05) is 20.3 Å². The van der Waals surface area contributed by atoms with Crippen LogP contribution in [0.4, 0.5) is 0 Å². The van der Waals surface area contributed by atoms with Crippen molar-refractivity contribution < 1.29 is 14.4 Å². The van der Waals surface area contributed by atoms with Gasteiger partial charge in [0.1, 0.15) is 6.61 Å². The number of aliphatic hydroxyl groups excluding tert-OH is 1. The van der Waals surface area contributed by atoms with Crippen molar-refractivity contribution in [1.29, 1.82) is 0 Å². The number of aryl methyl sites for hydroxylation is 1. The summed E-state index contributed by atoms with van der Waals surface area (Å²) in [5.41, 5.74) is 2.82. The number of hydrogen-bond donors (Lipinski definition) is 1. The van der Waals surface area contributed by atoms with Gasteiger partial charge in [-0.3, -0.25) is 4.90 Å². The summed E-state index contributed by atoms with van der Waals surface area (Å²) in [5.74, 6) is 1.17. The van der Waals surface area contributed by atoms with Gasteiger partial charge < -0.3 is 14.4 Å². The fourth-order valence-electron chi connectivity index (χ4n) is 3.44. The van der Waals surface area contributed by atoms with E-state index >= 15 is 0 Å². The van der Waals surface area contributed by atoms with Gasteiger partial charge >= 0.3 is 0 Å². The molecule has 6 heteroatoms. The summed E-state index contributed by atoms with van der Waals surface area (Å²) in [4.78, 5) is 6.75. The fourth-order valence-corrected chi connectivity index (χ4v) is 3.44. The first-order valence-electron chi connectivity index (χ1n) is 8.55. The lowest BCUT2D eigenvalue weighted by Crippen LogP contribution is -2.32. The zero-order valence-electron chi connectivity index (χ0n) is 14.1. The van der Waals surface area contributed by atoms with Crippen LogP contribution in [0.3, 0.4) is 0 Å². The molecule has 0 saturated carbocycles. The number of fused-ring (bicyclic) bond motifs is 1. The smallest absolute Gasteiger partial charge is 0.252 e. The van der Waals surface area contributed by atoms with Crippen LogP contribution >= 0.6 is 0 Å². The summed E-state index contributed by atoms with van der Waals surface area (Å²) in [6, 6.07) is 8.99. The van der Waals surface area contributed by atoms with Crippen molar-refractivity contribution in [3.63, 3.8) is 0 Å². The van der Waals surface area contributed by atoms with Gasteiger partial charge in [0, 0.05) is 26.3 Å². The van der Waals surface area contributed by atoms with Crippen LogP contribution in [0.25, 0.3) is 0 Å². The number of methoxy groups -OCH3 is 1. The van der Waals surface area contributed by atoms with Crippen LogP contribution in [0.5, 0.6) is 0 Å². The topological polar surface area (TPSA) is 71.6 Å². The second kappa shape index (κ2) is 8.37. The standard InChI is InChI=1S/C18H25N3O3/c1-23-13-18-19-17(20-24-18)12-21(10-5-11-22)16-9-4-7-14-6-2-3-8-15(14)16/h2-3,6,8,16,22H,4-5,7,9-13H2,1H3. The molecule has 2 aromatic rings. The van der Waals surface area contributed by atoms with E-state index in [1.807, 2.05) is 0 Å². The Bertz CT molecular complexity index is 644. The maximum atomic E-state index is 9.26. The van der Waals surface area contributed by atoms with Crippen molar-refractivity contribution in [2.45, 2.75) is 44.9 Å². The first kappa shape index (κ1) is 17.1. The molecule has 1 N–H and O–H groups in total. The fraction of sp³-hybridized carbons (Fsp3) is 0.556. The van der Waals surface area contributed by atoms with E-state index in [4.69, 9.17) is 9.26 Å². The number of ether oxygens (including phenoxy) is 1. The van der Waals surface area contributed by atoms with E-state index in [0.29, 0.717) is 30.9 Å². The number of benzene rings is 1. The summed E-state index contributed by atoms with van der Waals surface area (Å²) in [7, 11) is 1.61. The van der Waals surface area contributed by atoms with Crippen LogP contribution in [0.1, 0.15) is 48.1 Å². The lowest BCUT2D eigenvalue weighted by molar-refractivity contribution is 0.146. The summed E-state index contributed by atoms with van der Waals surface area (Å²) < 4.78 is 10.2. The van der Waals surface area contributed by atoms with Gasteiger partial charge in [-0.15, -0.1) is 0 Å². The largest absolute Gasteiger partial charge is 0.396 e. The Morgan fingerprint density at radius 2 is 2.25 bits per heavy atom. The van der Waals surface area contributed by atoms with Crippen LogP contribution in [0, 0.1) is 0 Å². The van der Waals surface area contributed by atoms with Crippen LogP contribution < -0.4 is 0 Å². The van der Waals surface area contributed by atoms with Crippen LogP contribution in [-0.2, 0) is 24.3 Å². The molecule has 1 atom stereocenters. The molecule has 3 rings (SSSR count). The van der Waals surface area contributed by atoms with Crippen LogP contribution in [-0.4, -0.2) is 40.4 Å². The molecular formula is C18H25N3O3. The Morgan fingerprint density at radius 3 is 3.08 bits per heavy atom. The third-order valence-corrected chi connectivity index (χ3v) is 4.50. The van der Waals surface area contributed by atoms with Crippen molar-refractivity contribution in [3.05, 3.63) is 47.1 Å². The number of aromatic nitrogens is 2. The Morgan fingerprint density at radius 1 is 1.38 bits per heavy atom. The molecule has 0 spiro atoms. The Kier molecular flexibility index (Phi) is 5.96. The van der Waals surface area contributed by atoms with E-state index in [1.54, 1.807) is 7.11 Å². The van der Waals surface area contributed by atoms with Crippen molar-refractivity contribution in [2.24, 2.45) is 0 Å². The van der Waals surface area contributed by atoms with E-state index in [0.717, 1.165) is 25.8 Å². The first-order chi connectivity index (χ1) is 11.8. The van der Waals surface area contributed by atoms with E-state index in [-0.39, 0.29) is 6.61 Å². The molecule has 6 nitrogen and oxygen atoms in total. The minimum atomic E-state index is 0.187. The number of rotatable bonds is 8. The van der Waals surface area contributed by atoms with Gasteiger partial charge in [-0.05, 0) is 36.8 Å². The molecule has 1 unspecified atom stereocenters. The molecule has 1 aromatic carbocycles. The summed E-state index contributed by atoms with van der Waals surface area (Å²) >= 11 is 0. The monoisotopic (exact) mass is 331 g/mol. The SMILES string of the molecule is COCc1nc(CN(CCCO)C2CCCc3ccccc32)no1. The van der Waals surface area contributed by atoms with Crippen molar-refractivity contribution in [3.8, 4) is 0 Å². The molecule has 1 aliphatic rings. The predicted octanol–water partition coefficient (Wildman–Crippen LogP) is 2.48. The molecule has 0 saturated heterocycles. The predicted molar refractivity (Wildman–Crippen MR) is 89.2 cm³/mol. The van der Waals surface area contributed by atoms with E-state index in [9.17, 15) is 5.11 Å². The molecule has 0 fully saturated rings. The zero-order chi connectivity index (χ0) is 16.8. The second-order valence-electron chi connectivity index (χ2n) is 6.19. The molecule has 0 amide bonds. The zero-order valence-corrected chi connectivity index (χ0v) is 14.1. The van der Waals surface area contributed by atoms with Gasteiger partial charge in [0.05, 0.1) is 6.54 Å². The summed E-state index contributed by atoms with van der Waals surface area (Å²) in [6.07, 6.45) is 4.17. The molecule has 24 heavy (non-hydrogen) atoms. The molecule has 0 radical (unpaired) electrons. The lowest BCUT2D eigenvalue weighted by Gasteiger charge is -2.35. The van der Waals surface area contributed by atoms with E-state index in [2.05, 4.69) is 39.3 Å². The van der Waals surface area contributed by atoms with Crippen molar-refractivity contribution >= 4 is 0 Å². The molecule has 1 aliphatic carbocycles. The third kappa shape index (κ3) is 4.01. The Balaban J connectivity index is 1.78. The average molecular weight is 331 g/mol. The lowest BCUT2D eigenvalue weighted by atomic mass is 9.86. The summed E-state index contributed by atoms with van der Waals surface area (Å²) in [5, 5.41) is 13.3. The normalized spacial score (nSPS) is 17.2. The van der Waals surface area contributed by atoms with Gasteiger partial charge in [-0.2, -0.15) is 4.98 Å². The average Bonchev–Trinajstić information content (AvgIpc) is 3.05. The molecule has 130 valence electrons. The number of hydrogen-bond acceptors (Lipinski definition) is 6. The van der Waals surface area contributed by atoms with E-state index < -0.39 is 0 Å². The maximum Gasteiger partial charge on any atom is 0.252 e. The Labute approximate surface area is 142 Å². The maximum absolute atomic E-state index is 9.26. The quantitative estimate of drug-likeness (QED) is 0.801. The van der Waals surface area contributed by atoms with Crippen LogP contribution in [0.15, 0.2) is 28.8 Å².